The average Bonchev–Trinajstić information content (AvgIpc) is 2.40. The van der Waals surface area contributed by atoms with Crippen LogP contribution in [0.2, 0.25) is 0 Å². The molecule has 2 rings (SSSR count). The van der Waals surface area contributed by atoms with E-state index in [1.165, 1.54) is 6.07 Å². The summed E-state index contributed by atoms with van der Waals surface area (Å²) in [5.41, 5.74) is 3.75. The number of rotatable bonds is 4. The van der Waals surface area contributed by atoms with Crippen molar-refractivity contribution in [2.75, 3.05) is 5.43 Å². The quantitative estimate of drug-likeness (QED) is 0.490. The molecule has 2 N–H and O–H groups in total. The van der Waals surface area contributed by atoms with Crippen molar-refractivity contribution in [3.8, 4) is 5.75 Å². The molecule has 18 heavy (non-hydrogen) atoms. The summed E-state index contributed by atoms with van der Waals surface area (Å²) < 4.78 is 0. The minimum absolute atomic E-state index is 0.0475. The van der Waals surface area contributed by atoms with Crippen LogP contribution < -0.4 is 5.43 Å². The second-order valence-electron chi connectivity index (χ2n) is 3.62. The van der Waals surface area contributed by atoms with E-state index in [9.17, 15) is 9.90 Å². The van der Waals surface area contributed by atoms with Crippen molar-refractivity contribution in [1.82, 2.24) is 0 Å². The molecule has 0 aromatic heterocycles. The lowest BCUT2D eigenvalue weighted by Gasteiger charge is -2.00. The monoisotopic (exact) mass is 240 g/mol. The van der Waals surface area contributed by atoms with Crippen LogP contribution in [0.3, 0.4) is 0 Å². The van der Waals surface area contributed by atoms with Crippen molar-refractivity contribution in [2.24, 2.45) is 5.10 Å². The molecule has 0 amide bonds. The Morgan fingerprint density at radius 2 is 1.72 bits per heavy atom. The van der Waals surface area contributed by atoms with Gasteiger partial charge in [-0.25, -0.2) is 0 Å². The molecule has 0 atom stereocenters. The third kappa shape index (κ3) is 2.95. The van der Waals surface area contributed by atoms with Gasteiger partial charge in [-0.15, -0.1) is 0 Å². The number of hydrogen-bond acceptors (Lipinski definition) is 4. The van der Waals surface area contributed by atoms with E-state index >= 15 is 0 Å². The zero-order chi connectivity index (χ0) is 12.8. The predicted molar refractivity (Wildman–Crippen MR) is 71.0 cm³/mol. The van der Waals surface area contributed by atoms with E-state index in [2.05, 4.69) is 10.5 Å². The van der Waals surface area contributed by atoms with E-state index in [0.717, 1.165) is 11.9 Å². The number of phenolic OH excluding ortho intramolecular Hbond substituents is 1. The molecule has 0 saturated carbocycles. The van der Waals surface area contributed by atoms with Gasteiger partial charge in [0.15, 0.2) is 0 Å². The van der Waals surface area contributed by atoms with Crippen molar-refractivity contribution in [2.45, 2.75) is 0 Å². The first kappa shape index (κ1) is 11.9. The van der Waals surface area contributed by atoms with E-state index in [-0.39, 0.29) is 17.1 Å². The molecule has 2 aromatic carbocycles. The van der Waals surface area contributed by atoms with Crippen molar-refractivity contribution < 1.29 is 9.90 Å². The molecule has 0 heterocycles. The molecule has 0 fully saturated rings. The van der Waals surface area contributed by atoms with Crippen LogP contribution in [0.15, 0.2) is 59.7 Å². The molecule has 0 radical (unpaired) electrons. The van der Waals surface area contributed by atoms with Crippen LogP contribution >= 0.6 is 0 Å². The number of anilines is 1. The molecule has 0 spiro atoms. The maximum Gasteiger partial charge on any atom is 0.209 e. The molecular formula is C14H12N2O2. The third-order valence-electron chi connectivity index (χ3n) is 2.32. The van der Waals surface area contributed by atoms with Crippen LogP contribution in [-0.4, -0.2) is 17.1 Å². The summed E-state index contributed by atoms with van der Waals surface area (Å²) >= 11 is 0. The summed E-state index contributed by atoms with van der Waals surface area (Å²) in [6.07, 6.45) is 1.14. The standard InChI is InChI=1S/C14H12N2O2/c17-13-9-5-4-8-12(13)14(18)10-15-16-11-6-2-1-3-7-11/h1-10,16-17H. The number of Topliss-reactive ketones (excluding diaryl/α,β-unsaturated/α-hetero) is 1. The Balaban J connectivity index is 2.02. The Bertz CT molecular complexity index is 565. The third-order valence-corrected chi connectivity index (χ3v) is 2.32. The molecule has 0 aliphatic heterocycles. The lowest BCUT2D eigenvalue weighted by atomic mass is 10.1. The van der Waals surface area contributed by atoms with E-state index < -0.39 is 0 Å². The minimum atomic E-state index is -0.350. The number of nitrogens with zero attached hydrogens (tertiary/aromatic N) is 1. The average molecular weight is 240 g/mol. The molecule has 0 bridgehead atoms. The number of carbonyl (C=O) groups excluding carboxylic acids is 1. The Kier molecular flexibility index (Phi) is 3.71. The number of ketones is 1. The second-order valence-corrected chi connectivity index (χ2v) is 3.62. The highest BCUT2D eigenvalue weighted by atomic mass is 16.3. The Labute approximate surface area is 105 Å². The van der Waals surface area contributed by atoms with Crippen LogP contribution in [0.1, 0.15) is 10.4 Å². The van der Waals surface area contributed by atoms with Crippen LogP contribution in [0.4, 0.5) is 5.69 Å². The topological polar surface area (TPSA) is 61.7 Å². The number of hydrazone groups is 1. The fourth-order valence-electron chi connectivity index (χ4n) is 1.43. The van der Waals surface area contributed by atoms with E-state index in [1.807, 2.05) is 30.3 Å². The van der Waals surface area contributed by atoms with Gasteiger partial charge in [0.05, 0.1) is 17.5 Å². The lowest BCUT2D eigenvalue weighted by molar-refractivity contribution is 0.106. The summed E-state index contributed by atoms with van der Waals surface area (Å²) in [5, 5.41) is 13.3. The van der Waals surface area contributed by atoms with Gasteiger partial charge in [-0.1, -0.05) is 30.3 Å². The number of hydrogen-bond donors (Lipinski definition) is 2. The van der Waals surface area contributed by atoms with Crippen molar-refractivity contribution >= 4 is 17.7 Å². The van der Waals surface area contributed by atoms with Gasteiger partial charge in [0.25, 0.3) is 0 Å². The first-order chi connectivity index (χ1) is 8.77. The molecule has 0 unspecified atom stereocenters. The van der Waals surface area contributed by atoms with Crippen molar-refractivity contribution in [3.05, 3.63) is 60.2 Å². The van der Waals surface area contributed by atoms with Gasteiger partial charge in [-0.05, 0) is 24.3 Å². The Morgan fingerprint density at radius 3 is 2.44 bits per heavy atom. The van der Waals surface area contributed by atoms with E-state index in [4.69, 9.17) is 0 Å². The Hall–Kier alpha value is -2.62. The van der Waals surface area contributed by atoms with Gasteiger partial charge >= 0.3 is 0 Å². The van der Waals surface area contributed by atoms with Gasteiger partial charge in [-0.3, -0.25) is 10.2 Å². The lowest BCUT2D eigenvalue weighted by Crippen LogP contribution is -2.02. The highest BCUT2D eigenvalue weighted by molar-refractivity contribution is 6.36. The number of phenols is 1. The molecule has 0 aliphatic rings. The number of aromatic hydroxyl groups is 1. The fourth-order valence-corrected chi connectivity index (χ4v) is 1.43. The largest absolute Gasteiger partial charge is 0.507 e. The molecule has 90 valence electrons. The van der Waals surface area contributed by atoms with Crippen LogP contribution in [-0.2, 0) is 0 Å². The molecular weight excluding hydrogens is 228 g/mol. The highest BCUT2D eigenvalue weighted by Gasteiger charge is 2.06. The first-order valence-corrected chi connectivity index (χ1v) is 5.44. The molecule has 4 nitrogen and oxygen atoms in total. The number of carbonyl (C=O) groups is 1. The van der Waals surface area contributed by atoms with Crippen LogP contribution in [0.25, 0.3) is 0 Å². The fraction of sp³-hybridized carbons (Fsp3) is 0. The van der Waals surface area contributed by atoms with Gasteiger partial charge in [-0.2, -0.15) is 5.10 Å². The van der Waals surface area contributed by atoms with Gasteiger partial charge in [0.1, 0.15) is 5.75 Å². The van der Waals surface area contributed by atoms with Crippen molar-refractivity contribution in [3.63, 3.8) is 0 Å². The highest BCUT2D eigenvalue weighted by Crippen LogP contribution is 2.15. The zero-order valence-electron chi connectivity index (χ0n) is 9.58. The van der Waals surface area contributed by atoms with Gasteiger partial charge in [0.2, 0.25) is 5.78 Å². The molecule has 0 aliphatic carbocycles. The van der Waals surface area contributed by atoms with Gasteiger partial charge < -0.3 is 5.11 Å². The van der Waals surface area contributed by atoms with Crippen LogP contribution in [0, 0.1) is 0 Å². The summed E-state index contributed by atoms with van der Waals surface area (Å²) in [6.45, 7) is 0. The number of para-hydroxylation sites is 2. The summed E-state index contributed by atoms with van der Waals surface area (Å²) in [4.78, 5) is 11.7. The summed E-state index contributed by atoms with van der Waals surface area (Å²) in [7, 11) is 0. The molecule has 0 saturated heterocycles. The zero-order valence-corrected chi connectivity index (χ0v) is 9.58. The SMILES string of the molecule is O=C(C=NNc1ccccc1)c1ccccc1O. The number of benzene rings is 2. The van der Waals surface area contributed by atoms with E-state index in [0.29, 0.717) is 0 Å². The second kappa shape index (κ2) is 5.63. The number of nitrogens with one attached hydrogen (secondary N) is 1. The molecule has 4 heteroatoms. The maximum atomic E-state index is 11.7. The normalized spacial score (nSPS) is 10.4. The summed E-state index contributed by atoms with van der Waals surface area (Å²) in [5.74, 6) is -0.398. The van der Waals surface area contributed by atoms with Gasteiger partial charge in [0, 0.05) is 0 Å². The Morgan fingerprint density at radius 1 is 1.06 bits per heavy atom. The molecule has 2 aromatic rings. The van der Waals surface area contributed by atoms with Crippen molar-refractivity contribution in [1.29, 1.82) is 0 Å². The smallest absolute Gasteiger partial charge is 0.209 e. The maximum absolute atomic E-state index is 11.7. The first-order valence-electron chi connectivity index (χ1n) is 5.44. The van der Waals surface area contributed by atoms with E-state index in [1.54, 1.807) is 18.2 Å². The minimum Gasteiger partial charge on any atom is -0.507 e. The van der Waals surface area contributed by atoms with Crippen LogP contribution in [0.5, 0.6) is 5.75 Å². The predicted octanol–water partition coefficient (Wildman–Crippen LogP) is 2.67. The summed E-state index contributed by atoms with van der Waals surface area (Å²) in [6, 6.07) is 15.6.